The molecule has 0 bridgehead atoms. The SMILES string of the molecule is c1ccc(-c2cc(-c3ccccc3)cc(N(c3cccc(-c4ccc5ccccc5c4)c3)c3cccc(-c4cc5ccccc5c5ccccc45)c3)c2)cc1. The van der Waals surface area contributed by atoms with Crippen LogP contribution in [0.5, 0.6) is 0 Å². The van der Waals surface area contributed by atoms with Gasteiger partial charge in [-0.25, -0.2) is 0 Å². The molecule has 55 heavy (non-hydrogen) atoms. The lowest BCUT2D eigenvalue weighted by Crippen LogP contribution is -2.10. The maximum Gasteiger partial charge on any atom is 0.0473 e. The van der Waals surface area contributed by atoms with Crippen LogP contribution in [-0.2, 0) is 0 Å². The molecule has 0 aliphatic heterocycles. The minimum Gasteiger partial charge on any atom is -0.310 e. The van der Waals surface area contributed by atoms with Crippen molar-refractivity contribution in [3.63, 3.8) is 0 Å². The standard InChI is InChI=1S/C54H37N/c1-3-15-38(16-4-1)46-32-47(39-17-5-2-6-18-39)36-50(35-46)55(48-24-13-22-42(33-48)43-30-29-40-19-7-8-20-41(40)31-43)49-25-14-23-44(34-49)54-37-45-21-9-10-26-51(45)52-27-11-12-28-53(52)54/h1-37H. The minimum absolute atomic E-state index is 1.09. The maximum atomic E-state index is 2.43. The van der Waals surface area contributed by atoms with Crippen molar-refractivity contribution in [3.05, 3.63) is 224 Å². The van der Waals surface area contributed by atoms with Crippen LogP contribution in [0.25, 0.3) is 76.8 Å². The minimum atomic E-state index is 1.09. The zero-order valence-electron chi connectivity index (χ0n) is 30.3. The molecule has 1 heteroatoms. The molecule has 258 valence electrons. The average Bonchev–Trinajstić information content (AvgIpc) is 3.27. The highest BCUT2D eigenvalue weighted by Crippen LogP contribution is 2.43. The van der Waals surface area contributed by atoms with E-state index in [9.17, 15) is 0 Å². The largest absolute Gasteiger partial charge is 0.310 e. The van der Waals surface area contributed by atoms with E-state index in [0.717, 1.165) is 17.1 Å². The van der Waals surface area contributed by atoms with Gasteiger partial charge >= 0.3 is 0 Å². The first-order valence-corrected chi connectivity index (χ1v) is 18.9. The zero-order valence-corrected chi connectivity index (χ0v) is 30.3. The van der Waals surface area contributed by atoms with Crippen molar-refractivity contribution in [2.24, 2.45) is 0 Å². The summed E-state index contributed by atoms with van der Waals surface area (Å²) >= 11 is 0. The fourth-order valence-electron chi connectivity index (χ4n) is 8.08. The Labute approximate surface area is 322 Å². The number of hydrogen-bond donors (Lipinski definition) is 0. The van der Waals surface area contributed by atoms with Crippen LogP contribution in [0.4, 0.5) is 17.1 Å². The highest BCUT2D eigenvalue weighted by Gasteiger charge is 2.18. The Kier molecular flexibility index (Phi) is 8.24. The van der Waals surface area contributed by atoms with Crippen molar-refractivity contribution < 1.29 is 0 Å². The third-order valence-corrected chi connectivity index (χ3v) is 10.8. The Morgan fingerprint density at radius 1 is 0.218 bits per heavy atom. The Morgan fingerprint density at radius 3 is 1.40 bits per heavy atom. The molecule has 0 fully saturated rings. The molecule has 0 spiro atoms. The molecule has 0 saturated carbocycles. The van der Waals surface area contributed by atoms with Gasteiger partial charge in [0, 0.05) is 17.1 Å². The molecule has 0 amide bonds. The fraction of sp³-hybridized carbons (Fsp3) is 0. The normalized spacial score (nSPS) is 11.3. The highest BCUT2D eigenvalue weighted by atomic mass is 15.1. The van der Waals surface area contributed by atoms with Gasteiger partial charge in [-0.05, 0) is 131 Å². The molecule has 0 aromatic heterocycles. The second-order valence-electron chi connectivity index (χ2n) is 14.2. The lowest BCUT2D eigenvalue weighted by molar-refractivity contribution is 1.28. The van der Waals surface area contributed by atoms with E-state index >= 15 is 0 Å². The maximum absolute atomic E-state index is 2.43. The molecule has 0 atom stereocenters. The van der Waals surface area contributed by atoms with Gasteiger partial charge in [0.15, 0.2) is 0 Å². The van der Waals surface area contributed by atoms with Gasteiger partial charge in [-0.3, -0.25) is 0 Å². The Balaban J connectivity index is 1.20. The van der Waals surface area contributed by atoms with E-state index in [-0.39, 0.29) is 0 Å². The molecule has 0 saturated heterocycles. The van der Waals surface area contributed by atoms with Crippen LogP contribution in [0, 0.1) is 0 Å². The summed E-state index contributed by atoms with van der Waals surface area (Å²) in [5.41, 5.74) is 12.8. The predicted molar refractivity (Wildman–Crippen MR) is 235 cm³/mol. The summed E-state index contributed by atoms with van der Waals surface area (Å²) < 4.78 is 0. The Bertz CT molecular complexity index is 2920. The molecule has 0 aliphatic rings. The highest BCUT2D eigenvalue weighted by molar-refractivity contribution is 6.14. The molecule has 0 heterocycles. The van der Waals surface area contributed by atoms with E-state index in [2.05, 4.69) is 229 Å². The van der Waals surface area contributed by atoms with Crippen LogP contribution in [0.3, 0.4) is 0 Å². The second kappa shape index (κ2) is 14.0. The first-order valence-electron chi connectivity index (χ1n) is 18.9. The summed E-state index contributed by atoms with van der Waals surface area (Å²) in [7, 11) is 0. The van der Waals surface area contributed by atoms with Crippen LogP contribution in [0.15, 0.2) is 224 Å². The first-order chi connectivity index (χ1) is 27.2. The molecular weight excluding hydrogens is 663 g/mol. The van der Waals surface area contributed by atoms with Gasteiger partial charge in [0.05, 0.1) is 0 Å². The number of fused-ring (bicyclic) bond motifs is 4. The second-order valence-corrected chi connectivity index (χ2v) is 14.2. The van der Waals surface area contributed by atoms with Crippen LogP contribution in [-0.4, -0.2) is 0 Å². The van der Waals surface area contributed by atoms with Gasteiger partial charge in [0.1, 0.15) is 0 Å². The van der Waals surface area contributed by atoms with E-state index in [0.29, 0.717) is 0 Å². The summed E-state index contributed by atoms with van der Waals surface area (Å²) in [5.74, 6) is 0. The molecule has 10 aromatic carbocycles. The van der Waals surface area contributed by atoms with Crippen molar-refractivity contribution in [2.45, 2.75) is 0 Å². The summed E-state index contributed by atoms with van der Waals surface area (Å²) in [4.78, 5) is 2.43. The summed E-state index contributed by atoms with van der Waals surface area (Å²) in [6, 6.07) is 81.6. The van der Waals surface area contributed by atoms with Crippen molar-refractivity contribution in [3.8, 4) is 44.5 Å². The zero-order chi connectivity index (χ0) is 36.6. The molecular formula is C54H37N. The monoisotopic (exact) mass is 699 g/mol. The smallest absolute Gasteiger partial charge is 0.0473 e. The molecule has 10 aromatic rings. The quantitative estimate of drug-likeness (QED) is 0.150. The van der Waals surface area contributed by atoms with Gasteiger partial charge in [-0.2, -0.15) is 0 Å². The van der Waals surface area contributed by atoms with Crippen molar-refractivity contribution in [1.29, 1.82) is 0 Å². The lowest BCUT2D eigenvalue weighted by Gasteiger charge is -2.28. The van der Waals surface area contributed by atoms with E-state index < -0.39 is 0 Å². The first kappa shape index (κ1) is 32.4. The molecule has 0 radical (unpaired) electrons. The van der Waals surface area contributed by atoms with E-state index in [1.54, 1.807) is 0 Å². The number of benzene rings is 10. The average molecular weight is 700 g/mol. The number of rotatable bonds is 7. The van der Waals surface area contributed by atoms with E-state index in [4.69, 9.17) is 0 Å². The van der Waals surface area contributed by atoms with Crippen molar-refractivity contribution in [1.82, 2.24) is 0 Å². The molecule has 1 nitrogen and oxygen atoms in total. The van der Waals surface area contributed by atoms with Gasteiger partial charge in [0.25, 0.3) is 0 Å². The molecule has 0 N–H and O–H groups in total. The van der Waals surface area contributed by atoms with Gasteiger partial charge in [0.2, 0.25) is 0 Å². The number of nitrogens with zero attached hydrogens (tertiary/aromatic N) is 1. The molecule has 0 aliphatic carbocycles. The lowest BCUT2D eigenvalue weighted by atomic mass is 9.93. The summed E-state index contributed by atoms with van der Waals surface area (Å²) in [6.45, 7) is 0. The van der Waals surface area contributed by atoms with Crippen molar-refractivity contribution >= 4 is 49.4 Å². The van der Waals surface area contributed by atoms with Crippen molar-refractivity contribution in [2.75, 3.05) is 4.90 Å². The third kappa shape index (κ3) is 6.22. The van der Waals surface area contributed by atoms with Crippen LogP contribution < -0.4 is 4.90 Å². The Morgan fingerprint density at radius 2 is 0.709 bits per heavy atom. The van der Waals surface area contributed by atoms with Gasteiger partial charge in [-0.1, -0.05) is 170 Å². The van der Waals surface area contributed by atoms with Gasteiger partial charge in [-0.15, -0.1) is 0 Å². The van der Waals surface area contributed by atoms with Crippen LogP contribution in [0.1, 0.15) is 0 Å². The third-order valence-electron chi connectivity index (χ3n) is 10.8. The predicted octanol–water partition coefficient (Wildman–Crippen LogP) is 15.3. The van der Waals surface area contributed by atoms with Crippen LogP contribution in [0.2, 0.25) is 0 Å². The fourth-order valence-corrected chi connectivity index (χ4v) is 8.08. The molecule has 0 unspecified atom stereocenters. The number of anilines is 3. The van der Waals surface area contributed by atoms with E-state index in [1.807, 2.05) is 0 Å². The summed E-state index contributed by atoms with van der Waals surface area (Å²) in [5, 5.41) is 7.51. The van der Waals surface area contributed by atoms with E-state index in [1.165, 1.54) is 76.8 Å². The van der Waals surface area contributed by atoms with Crippen LogP contribution >= 0.6 is 0 Å². The Hall–Kier alpha value is -7.22. The van der Waals surface area contributed by atoms with Gasteiger partial charge < -0.3 is 4.90 Å². The topological polar surface area (TPSA) is 3.24 Å². The number of hydrogen-bond acceptors (Lipinski definition) is 1. The molecule has 10 rings (SSSR count). The summed E-state index contributed by atoms with van der Waals surface area (Å²) in [6.07, 6.45) is 0.